The second-order valence-electron chi connectivity index (χ2n) is 4.19. The number of rotatable bonds is 3. The van der Waals surface area contributed by atoms with Crippen LogP contribution in [-0.4, -0.2) is 4.98 Å². The standard InChI is InChI=1S/C14H13ClN4/c1-9(11-2-4-12(15)5-3-11)19-14-13(17)6-10(7-16)8-18-14/h2-6,8-9H,17H2,1H3,(H,18,19). The van der Waals surface area contributed by atoms with Gasteiger partial charge in [-0.1, -0.05) is 23.7 Å². The van der Waals surface area contributed by atoms with Crippen LogP contribution in [0.2, 0.25) is 5.02 Å². The Bertz CT molecular complexity index is 616. The number of nitrogens with two attached hydrogens (primary N) is 1. The molecule has 19 heavy (non-hydrogen) atoms. The van der Waals surface area contributed by atoms with E-state index in [0.717, 1.165) is 5.56 Å². The molecule has 1 aromatic carbocycles. The summed E-state index contributed by atoms with van der Waals surface area (Å²) in [5.74, 6) is 0.571. The van der Waals surface area contributed by atoms with Crippen molar-refractivity contribution < 1.29 is 0 Å². The van der Waals surface area contributed by atoms with Crippen LogP contribution in [0.15, 0.2) is 36.5 Å². The van der Waals surface area contributed by atoms with Crippen LogP contribution in [0, 0.1) is 11.3 Å². The summed E-state index contributed by atoms with van der Waals surface area (Å²) >= 11 is 5.85. The molecule has 0 aliphatic heterocycles. The average Bonchev–Trinajstić information content (AvgIpc) is 2.41. The smallest absolute Gasteiger partial charge is 0.149 e. The van der Waals surface area contributed by atoms with Crippen molar-refractivity contribution in [3.05, 3.63) is 52.7 Å². The van der Waals surface area contributed by atoms with E-state index in [0.29, 0.717) is 22.1 Å². The highest BCUT2D eigenvalue weighted by Gasteiger charge is 2.08. The Morgan fingerprint density at radius 3 is 2.63 bits per heavy atom. The van der Waals surface area contributed by atoms with Crippen LogP contribution >= 0.6 is 11.6 Å². The van der Waals surface area contributed by atoms with Gasteiger partial charge in [-0.05, 0) is 30.7 Å². The Balaban J connectivity index is 2.17. The van der Waals surface area contributed by atoms with Crippen molar-refractivity contribution >= 4 is 23.1 Å². The first-order valence-corrected chi connectivity index (χ1v) is 6.15. The van der Waals surface area contributed by atoms with E-state index in [-0.39, 0.29) is 6.04 Å². The molecule has 2 aromatic rings. The molecule has 0 aliphatic rings. The number of hydrogen-bond donors (Lipinski definition) is 2. The third-order valence-corrected chi connectivity index (χ3v) is 3.02. The molecule has 0 spiro atoms. The van der Waals surface area contributed by atoms with Gasteiger partial charge in [0.2, 0.25) is 0 Å². The molecule has 96 valence electrons. The van der Waals surface area contributed by atoms with Crippen molar-refractivity contribution in [2.45, 2.75) is 13.0 Å². The Labute approximate surface area is 116 Å². The maximum absolute atomic E-state index is 8.76. The number of anilines is 2. The van der Waals surface area contributed by atoms with Gasteiger partial charge in [-0.15, -0.1) is 0 Å². The molecule has 3 N–H and O–H groups in total. The second kappa shape index (κ2) is 5.59. The fourth-order valence-corrected chi connectivity index (χ4v) is 1.83. The van der Waals surface area contributed by atoms with Gasteiger partial charge in [-0.2, -0.15) is 5.26 Å². The molecule has 4 nitrogen and oxygen atoms in total. The molecule has 0 saturated carbocycles. The molecule has 0 aliphatic carbocycles. The first-order chi connectivity index (χ1) is 9.10. The summed E-state index contributed by atoms with van der Waals surface area (Å²) in [4.78, 5) is 4.15. The van der Waals surface area contributed by atoms with Gasteiger partial charge in [0.05, 0.1) is 17.3 Å². The van der Waals surface area contributed by atoms with Crippen LogP contribution in [0.1, 0.15) is 24.1 Å². The first-order valence-electron chi connectivity index (χ1n) is 5.78. The lowest BCUT2D eigenvalue weighted by Crippen LogP contribution is -2.10. The minimum absolute atomic E-state index is 0.0417. The SMILES string of the molecule is CC(Nc1ncc(C#N)cc1N)c1ccc(Cl)cc1. The molecule has 0 fully saturated rings. The Morgan fingerprint density at radius 2 is 2.05 bits per heavy atom. The zero-order valence-electron chi connectivity index (χ0n) is 10.4. The number of hydrogen-bond acceptors (Lipinski definition) is 4. The van der Waals surface area contributed by atoms with Gasteiger partial charge >= 0.3 is 0 Å². The molecule has 0 radical (unpaired) electrons. The number of pyridine rings is 1. The summed E-state index contributed by atoms with van der Waals surface area (Å²) in [7, 11) is 0. The molecule has 2 rings (SSSR count). The number of nitrogens with one attached hydrogen (secondary N) is 1. The zero-order chi connectivity index (χ0) is 13.8. The third kappa shape index (κ3) is 3.15. The fourth-order valence-electron chi connectivity index (χ4n) is 1.70. The highest BCUT2D eigenvalue weighted by molar-refractivity contribution is 6.30. The number of aromatic nitrogens is 1. The van der Waals surface area contributed by atoms with Crippen molar-refractivity contribution in [2.75, 3.05) is 11.1 Å². The molecule has 5 heteroatoms. The van der Waals surface area contributed by atoms with Gasteiger partial charge in [-0.25, -0.2) is 4.98 Å². The summed E-state index contributed by atoms with van der Waals surface area (Å²) in [5, 5.41) is 12.7. The van der Waals surface area contributed by atoms with Crippen LogP contribution in [-0.2, 0) is 0 Å². The van der Waals surface area contributed by atoms with E-state index >= 15 is 0 Å². The van der Waals surface area contributed by atoms with Crippen LogP contribution < -0.4 is 11.1 Å². The first kappa shape index (κ1) is 13.2. The van der Waals surface area contributed by atoms with E-state index in [4.69, 9.17) is 22.6 Å². The maximum Gasteiger partial charge on any atom is 0.149 e. The fraction of sp³-hybridized carbons (Fsp3) is 0.143. The van der Waals surface area contributed by atoms with E-state index in [1.807, 2.05) is 37.3 Å². The summed E-state index contributed by atoms with van der Waals surface area (Å²) in [5.41, 5.74) is 7.83. The predicted octanol–water partition coefficient (Wildman–Crippen LogP) is 3.36. The van der Waals surface area contributed by atoms with Crippen LogP contribution in [0.25, 0.3) is 0 Å². The van der Waals surface area contributed by atoms with Gasteiger partial charge in [-0.3, -0.25) is 0 Å². The van der Waals surface area contributed by atoms with E-state index < -0.39 is 0 Å². The van der Waals surface area contributed by atoms with Gasteiger partial charge < -0.3 is 11.1 Å². The second-order valence-corrected chi connectivity index (χ2v) is 4.63. The number of benzene rings is 1. The molecular weight excluding hydrogens is 260 g/mol. The summed E-state index contributed by atoms with van der Waals surface area (Å²) in [6.45, 7) is 2.00. The van der Waals surface area contributed by atoms with Crippen molar-refractivity contribution in [3.63, 3.8) is 0 Å². The average molecular weight is 273 g/mol. The summed E-state index contributed by atoms with van der Waals surface area (Å²) < 4.78 is 0. The maximum atomic E-state index is 8.76. The van der Waals surface area contributed by atoms with Gasteiger partial charge in [0.25, 0.3) is 0 Å². The lowest BCUT2D eigenvalue weighted by Gasteiger charge is -2.16. The van der Waals surface area contributed by atoms with Crippen molar-refractivity contribution in [1.29, 1.82) is 5.26 Å². The Morgan fingerprint density at radius 1 is 1.37 bits per heavy atom. The molecule has 1 atom stereocenters. The Hall–Kier alpha value is -2.25. The molecule has 1 aromatic heterocycles. The van der Waals surface area contributed by atoms with Crippen molar-refractivity contribution in [2.24, 2.45) is 0 Å². The molecule has 0 bridgehead atoms. The predicted molar refractivity (Wildman–Crippen MR) is 76.9 cm³/mol. The highest BCUT2D eigenvalue weighted by atomic mass is 35.5. The van der Waals surface area contributed by atoms with Crippen molar-refractivity contribution in [3.8, 4) is 6.07 Å². The minimum Gasteiger partial charge on any atom is -0.396 e. The zero-order valence-corrected chi connectivity index (χ0v) is 11.1. The summed E-state index contributed by atoms with van der Waals surface area (Å²) in [6, 6.07) is 11.2. The summed E-state index contributed by atoms with van der Waals surface area (Å²) in [6.07, 6.45) is 1.49. The van der Waals surface area contributed by atoms with E-state index in [1.54, 1.807) is 6.07 Å². The van der Waals surface area contributed by atoms with Gasteiger partial charge in [0.15, 0.2) is 0 Å². The molecule has 1 heterocycles. The van der Waals surface area contributed by atoms with Gasteiger partial charge in [0, 0.05) is 11.2 Å². The quantitative estimate of drug-likeness (QED) is 0.898. The lowest BCUT2D eigenvalue weighted by atomic mass is 10.1. The minimum atomic E-state index is 0.0417. The van der Waals surface area contributed by atoms with Crippen molar-refractivity contribution in [1.82, 2.24) is 4.98 Å². The topological polar surface area (TPSA) is 74.7 Å². The number of nitrogens with zero attached hydrogens (tertiary/aromatic N) is 2. The monoisotopic (exact) mass is 272 g/mol. The highest BCUT2D eigenvalue weighted by Crippen LogP contribution is 2.23. The number of halogens is 1. The third-order valence-electron chi connectivity index (χ3n) is 2.77. The van der Waals surface area contributed by atoms with Gasteiger partial charge in [0.1, 0.15) is 11.9 Å². The molecule has 0 amide bonds. The van der Waals surface area contributed by atoms with Crippen LogP contribution in [0.3, 0.4) is 0 Å². The van der Waals surface area contributed by atoms with E-state index in [9.17, 15) is 0 Å². The molecule has 1 unspecified atom stereocenters. The normalized spacial score (nSPS) is 11.6. The largest absolute Gasteiger partial charge is 0.396 e. The number of nitriles is 1. The van der Waals surface area contributed by atoms with Crippen LogP contribution in [0.5, 0.6) is 0 Å². The lowest BCUT2D eigenvalue weighted by molar-refractivity contribution is 0.875. The van der Waals surface area contributed by atoms with E-state index in [1.165, 1.54) is 6.20 Å². The van der Waals surface area contributed by atoms with E-state index in [2.05, 4.69) is 10.3 Å². The Kier molecular flexibility index (Phi) is 3.88. The molecule has 0 saturated heterocycles. The van der Waals surface area contributed by atoms with Crippen LogP contribution in [0.4, 0.5) is 11.5 Å². The number of nitrogen functional groups attached to an aromatic ring is 1. The molecular formula is C14H13ClN4.